The highest BCUT2D eigenvalue weighted by atomic mass is 16.5. The molecule has 26 heavy (non-hydrogen) atoms. The first kappa shape index (κ1) is 18.8. The topological polar surface area (TPSA) is 18.5 Å². The van der Waals surface area contributed by atoms with Crippen LogP contribution >= 0.6 is 0 Å². The Morgan fingerprint density at radius 1 is 0.846 bits per heavy atom. The molecule has 2 nitrogen and oxygen atoms in total. The van der Waals surface area contributed by atoms with Gasteiger partial charge in [0.15, 0.2) is 0 Å². The summed E-state index contributed by atoms with van der Waals surface area (Å²) in [6, 6.07) is 2.17. The molecule has 0 unspecified atom stereocenters. The van der Waals surface area contributed by atoms with Crippen LogP contribution in [0.3, 0.4) is 0 Å². The summed E-state index contributed by atoms with van der Waals surface area (Å²) >= 11 is 0. The van der Waals surface area contributed by atoms with Crippen molar-refractivity contribution in [1.82, 2.24) is 0 Å². The lowest BCUT2D eigenvalue weighted by Crippen LogP contribution is -2.33. The fourth-order valence-electron chi connectivity index (χ4n) is 4.40. The molecular formula is C24H32O2. The number of aryl methyl sites for hydroxylation is 1. The van der Waals surface area contributed by atoms with Crippen molar-refractivity contribution in [2.24, 2.45) is 0 Å². The highest BCUT2D eigenvalue weighted by Gasteiger charge is 2.31. The van der Waals surface area contributed by atoms with E-state index in [4.69, 9.17) is 9.47 Å². The first-order valence-corrected chi connectivity index (χ1v) is 9.56. The van der Waals surface area contributed by atoms with Crippen LogP contribution in [0.4, 0.5) is 0 Å². The Morgan fingerprint density at radius 2 is 1.46 bits per heavy atom. The van der Waals surface area contributed by atoms with Gasteiger partial charge in [-0.3, -0.25) is 0 Å². The van der Waals surface area contributed by atoms with Gasteiger partial charge in [0.1, 0.15) is 17.1 Å². The molecule has 0 aliphatic carbocycles. The number of hydrogen-bond donors (Lipinski definition) is 0. The zero-order chi connectivity index (χ0) is 19.4. The lowest BCUT2D eigenvalue weighted by molar-refractivity contribution is 0.0834. The van der Waals surface area contributed by atoms with Gasteiger partial charge in [0.2, 0.25) is 0 Å². The van der Waals surface area contributed by atoms with Crippen LogP contribution in [0.25, 0.3) is 11.1 Å². The predicted molar refractivity (Wildman–Crippen MR) is 110 cm³/mol. The van der Waals surface area contributed by atoms with E-state index >= 15 is 0 Å². The van der Waals surface area contributed by atoms with E-state index in [9.17, 15) is 0 Å². The van der Waals surface area contributed by atoms with Crippen molar-refractivity contribution >= 4 is 0 Å². The van der Waals surface area contributed by atoms with Crippen LogP contribution in [-0.4, -0.2) is 12.7 Å². The first-order chi connectivity index (χ1) is 12.1. The van der Waals surface area contributed by atoms with E-state index in [1.54, 1.807) is 7.11 Å². The minimum atomic E-state index is -0.0826. The van der Waals surface area contributed by atoms with Gasteiger partial charge in [0, 0.05) is 0 Å². The maximum atomic E-state index is 6.40. The molecule has 0 saturated heterocycles. The summed E-state index contributed by atoms with van der Waals surface area (Å²) in [5, 5.41) is 0. The van der Waals surface area contributed by atoms with Gasteiger partial charge in [-0.05, 0) is 124 Å². The molecule has 2 aromatic carbocycles. The molecule has 0 fully saturated rings. The molecule has 0 spiro atoms. The van der Waals surface area contributed by atoms with Crippen LogP contribution in [0, 0.1) is 41.5 Å². The summed E-state index contributed by atoms with van der Waals surface area (Å²) in [6.45, 7) is 17.6. The van der Waals surface area contributed by atoms with E-state index < -0.39 is 0 Å². The number of benzene rings is 2. The van der Waals surface area contributed by atoms with Gasteiger partial charge < -0.3 is 9.47 Å². The Balaban J connectivity index is 2.33. The molecule has 0 N–H and O–H groups in total. The van der Waals surface area contributed by atoms with E-state index in [1.165, 1.54) is 50.1 Å². The summed E-state index contributed by atoms with van der Waals surface area (Å²) in [7, 11) is 1.75. The summed E-state index contributed by atoms with van der Waals surface area (Å²) in [5.74, 6) is 2.08. The van der Waals surface area contributed by atoms with Crippen LogP contribution in [0.1, 0.15) is 59.2 Å². The SMILES string of the molecule is COc1cc(C)c(-c2c(C)c(C)c3c(c2C)CCC(C)(C)O3)c(C)c1C. The number of rotatable bonds is 2. The van der Waals surface area contributed by atoms with Crippen LogP contribution in [-0.2, 0) is 6.42 Å². The van der Waals surface area contributed by atoms with E-state index in [2.05, 4.69) is 61.5 Å². The summed E-state index contributed by atoms with van der Waals surface area (Å²) < 4.78 is 12.0. The molecule has 1 aliphatic rings. The second-order valence-corrected chi connectivity index (χ2v) is 8.44. The smallest absolute Gasteiger partial charge is 0.126 e. The number of ether oxygens (including phenoxy) is 2. The van der Waals surface area contributed by atoms with Crippen molar-refractivity contribution in [3.8, 4) is 22.6 Å². The molecule has 0 aromatic heterocycles. The molecule has 2 heteroatoms. The minimum absolute atomic E-state index is 0.0826. The number of methoxy groups -OCH3 is 1. The molecule has 1 aliphatic heterocycles. The first-order valence-electron chi connectivity index (χ1n) is 9.56. The quantitative estimate of drug-likeness (QED) is 0.630. The Kier molecular flexibility index (Phi) is 4.58. The molecule has 0 atom stereocenters. The molecule has 0 saturated carbocycles. The highest BCUT2D eigenvalue weighted by molar-refractivity contribution is 5.82. The second-order valence-electron chi connectivity index (χ2n) is 8.44. The van der Waals surface area contributed by atoms with Gasteiger partial charge in [0.25, 0.3) is 0 Å². The van der Waals surface area contributed by atoms with Crippen molar-refractivity contribution in [3.63, 3.8) is 0 Å². The summed E-state index contributed by atoms with van der Waals surface area (Å²) in [4.78, 5) is 0. The zero-order valence-electron chi connectivity index (χ0n) is 17.8. The van der Waals surface area contributed by atoms with Crippen molar-refractivity contribution < 1.29 is 9.47 Å². The molecule has 0 bridgehead atoms. The Bertz CT molecular complexity index is 888. The van der Waals surface area contributed by atoms with Crippen molar-refractivity contribution in [1.29, 1.82) is 0 Å². The van der Waals surface area contributed by atoms with Crippen molar-refractivity contribution in [2.75, 3.05) is 7.11 Å². The van der Waals surface area contributed by atoms with Crippen LogP contribution < -0.4 is 9.47 Å². The van der Waals surface area contributed by atoms with Gasteiger partial charge in [-0.2, -0.15) is 0 Å². The molecule has 0 radical (unpaired) electrons. The van der Waals surface area contributed by atoms with Crippen molar-refractivity contribution in [2.45, 2.75) is 73.8 Å². The molecule has 140 valence electrons. The third-order valence-electron chi connectivity index (χ3n) is 6.25. The van der Waals surface area contributed by atoms with E-state index in [0.717, 1.165) is 24.3 Å². The van der Waals surface area contributed by atoms with Crippen LogP contribution in [0.2, 0.25) is 0 Å². The fraction of sp³-hybridized carbons (Fsp3) is 0.500. The van der Waals surface area contributed by atoms with Gasteiger partial charge in [0.05, 0.1) is 7.11 Å². The number of fused-ring (bicyclic) bond motifs is 1. The lowest BCUT2D eigenvalue weighted by Gasteiger charge is -2.36. The predicted octanol–water partition coefficient (Wildman–Crippen LogP) is 6.32. The molecule has 0 amide bonds. The summed E-state index contributed by atoms with van der Waals surface area (Å²) in [5.41, 5.74) is 11.8. The van der Waals surface area contributed by atoms with Gasteiger partial charge in [-0.15, -0.1) is 0 Å². The summed E-state index contributed by atoms with van der Waals surface area (Å²) in [6.07, 6.45) is 2.14. The average Bonchev–Trinajstić information content (AvgIpc) is 2.58. The standard InChI is InChI=1S/C24H32O2/c1-13-12-20(25-9)14(2)15(3)21(13)22-16(4)17(5)23-19(18(22)6)10-11-24(7,8)26-23/h12H,10-11H2,1-9H3. The van der Waals surface area contributed by atoms with E-state index in [-0.39, 0.29) is 5.60 Å². The monoisotopic (exact) mass is 352 g/mol. The Labute approximate surface area is 158 Å². The molecular weight excluding hydrogens is 320 g/mol. The third kappa shape index (κ3) is 2.80. The molecule has 1 heterocycles. The fourth-order valence-corrected chi connectivity index (χ4v) is 4.40. The van der Waals surface area contributed by atoms with Gasteiger partial charge >= 0.3 is 0 Å². The van der Waals surface area contributed by atoms with Gasteiger partial charge in [-0.1, -0.05) is 0 Å². The Morgan fingerprint density at radius 3 is 2.08 bits per heavy atom. The van der Waals surface area contributed by atoms with Crippen LogP contribution in [0.5, 0.6) is 11.5 Å². The van der Waals surface area contributed by atoms with Crippen molar-refractivity contribution in [3.05, 3.63) is 45.0 Å². The van der Waals surface area contributed by atoms with Gasteiger partial charge in [-0.25, -0.2) is 0 Å². The number of hydrogen-bond acceptors (Lipinski definition) is 2. The third-order valence-corrected chi connectivity index (χ3v) is 6.25. The zero-order valence-corrected chi connectivity index (χ0v) is 17.8. The average molecular weight is 353 g/mol. The molecule has 2 aromatic rings. The second kappa shape index (κ2) is 6.33. The minimum Gasteiger partial charge on any atom is -0.496 e. The maximum Gasteiger partial charge on any atom is 0.126 e. The lowest BCUT2D eigenvalue weighted by atomic mass is 9.81. The van der Waals surface area contributed by atoms with E-state index in [0.29, 0.717) is 0 Å². The van der Waals surface area contributed by atoms with Crippen LogP contribution in [0.15, 0.2) is 6.07 Å². The van der Waals surface area contributed by atoms with E-state index in [1.807, 2.05) is 0 Å². The largest absolute Gasteiger partial charge is 0.496 e. The highest BCUT2D eigenvalue weighted by Crippen LogP contribution is 2.46. The molecule has 3 rings (SSSR count). The Hall–Kier alpha value is -1.96. The normalized spacial score (nSPS) is 15.4. The maximum absolute atomic E-state index is 6.40.